The number of alkyl halides is 3. The predicted octanol–water partition coefficient (Wildman–Crippen LogP) is 4.89. The smallest absolute Gasteiger partial charge is 0.471 e. The number of thioether (sulfide) groups is 1. The van der Waals surface area contributed by atoms with E-state index in [9.17, 15) is 33.1 Å². The SMILES string of the molecule is C[C@@H]1[C@H](CSc2cccc[n+]2[O-])O[C@H](c2ccc(NC(=O)[C@@H]3CCCN3C(=O)C(F)(F)F)cc2)O[C@@H]1c1ccc(CO)cc1. The van der Waals surface area contributed by atoms with Crippen LogP contribution in [0.25, 0.3) is 0 Å². The molecule has 2 saturated heterocycles. The molecule has 3 heterocycles. The number of hydrogen-bond donors (Lipinski definition) is 2. The lowest BCUT2D eigenvalue weighted by Gasteiger charge is -2.41. The van der Waals surface area contributed by atoms with Gasteiger partial charge in [0.1, 0.15) is 6.04 Å². The molecular weight excluding hydrogens is 599 g/mol. The van der Waals surface area contributed by atoms with E-state index in [4.69, 9.17) is 9.47 Å². The van der Waals surface area contributed by atoms with Crippen LogP contribution in [0, 0.1) is 11.1 Å². The number of ether oxygens (including phenoxy) is 2. The highest BCUT2D eigenvalue weighted by Crippen LogP contribution is 2.43. The van der Waals surface area contributed by atoms with Crippen LogP contribution in [0.3, 0.4) is 0 Å². The molecule has 2 amide bonds. The molecule has 13 heteroatoms. The summed E-state index contributed by atoms with van der Waals surface area (Å²) in [5, 5.41) is 24.8. The van der Waals surface area contributed by atoms with Gasteiger partial charge in [0.05, 0.1) is 18.8 Å². The van der Waals surface area contributed by atoms with E-state index in [1.165, 1.54) is 18.0 Å². The van der Waals surface area contributed by atoms with Gasteiger partial charge in [-0.05, 0) is 42.2 Å². The Morgan fingerprint density at radius 1 is 1.07 bits per heavy atom. The largest absolute Gasteiger partial charge is 0.618 e. The first kappa shape index (κ1) is 31.8. The molecule has 3 aromatic rings. The van der Waals surface area contributed by atoms with E-state index in [0.717, 1.165) is 15.9 Å². The number of pyridine rings is 1. The molecular formula is C31H32F3N3O6S. The van der Waals surface area contributed by atoms with Crippen molar-refractivity contribution < 1.29 is 42.1 Å². The minimum absolute atomic E-state index is 0.0844. The fourth-order valence-electron chi connectivity index (χ4n) is 5.40. The van der Waals surface area contributed by atoms with Crippen LogP contribution in [0.2, 0.25) is 0 Å². The Balaban J connectivity index is 1.31. The Kier molecular flexibility index (Phi) is 9.78. The third kappa shape index (κ3) is 7.17. The summed E-state index contributed by atoms with van der Waals surface area (Å²) in [6.45, 7) is 1.79. The minimum atomic E-state index is -5.05. The minimum Gasteiger partial charge on any atom is -0.618 e. The van der Waals surface area contributed by atoms with Gasteiger partial charge >= 0.3 is 12.1 Å². The van der Waals surface area contributed by atoms with E-state index in [2.05, 4.69) is 5.32 Å². The summed E-state index contributed by atoms with van der Waals surface area (Å²) < 4.78 is 52.6. The maximum Gasteiger partial charge on any atom is 0.471 e. The fourth-order valence-corrected chi connectivity index (χ4v) is 6.48. The van der Waals surface area contributed by atoms with E-state index in [0.29, 0.717) is 33.4 Å². The number of amides is 2. The van der Waals surface area contributed by atoms with Gasteiger partial charge in [0, 0.05) is 41.6 Å². The molecule has 2 aromatic carbocycles. The highest BCUT2D eigenvalue weighted by atomic mass is 32.2. The number of benzene rings is 2. The quantitative estimate of drug-likeness (QED) is 0.207. The van der Waals surface area contributed by atoms with Gasteiger partial charge in [-0.15, -0.1) is 0 Å². The molecule has 234 valence electrons. The molecule has 0 bridgehead atoms. The number of halogens is 3. The predicted molar refractivity (Wildman–Crippen MR) is 155 cm³/mol. The van der Waals surface area contributed by atoms with Crippen LogP contribution in [0.5, 0.6) is 0 Å². The first-order valence-electron chi connectivity index (χ1n) is 14.2. The van der Waals surface area contributed by atoms with Crippen molar-refractivity contribution in [2.45, 2.75) is 62.1 Å². The zero-order chi connectivity index (χ0) is 31.4. The Hall–Kier alpha value is -3.65. The summed E-state index contributed by atoms with van der Waals surface area (Å²) in [5.74, 6) is -2.33. The maximum atomic E-state index is 13.0. The summed E-state index contributed by atoms with van der Waals surface area (Å²) in [4.78, 5) is 25.2. The number of rotatable bonds is 8. The van der Waals surface area contributed by atoms with Crippen molar-refractivity contribution in [3.8, 4) is 0 Å². The van der Waals surface area contributed by atoms with Crippen LogP contribution in [-0.2, 0) is 25.7 Å². The number of nitrogens with one attached hydrogen (secondary N) is 1. The van der Waals surface area contributed by atoms with Crippen molar-refractivity contribution >= 4 is 29.3 Å². The van der Waals surface area contributed by atoms with Gasteiger partial charge in [0.2, 0.25) is 5.91 Å². The van der Waals surface area contributed by atoms with E-state index >= 15 is 0 Å². The summed E-state index contributed by atoms with van der Waals surface area (Å²) in [7, 11) is 0. The topological polar surface area (TPSA) is 115 Å². The fraction of sp³-hybridized carbons (Fsp3) is 0.387. The third-order valence-electron chi connectivity index (χ3n) is 7.82. The van der Waals surface area contributed by atoms with E-state index in [1.807, 2.05) is 31.2 Å². The van der Waals surface area contributed by atoms with E-state index in [-0.39, 0.29) is 37.7 Å². The van der Waals surface area contributed by atoms with Crippen molar-refractivity contribution in [3.63, 3.8) is 0 Å². The van der Waals surface area contributed by atoms with Crippen molar-refractivity contribution in [1.82, 2.24) is 4.90 Å². The standard InChI is InChI=1S/C31H32F3N3O6S/c1-19-25(18-44-26-6-2-3-16-37(26)41)42-29(43-27(19)21-9-7-20(17-38)8-10-21)22-11-13-23(14-12-22)35-28(39)24-5-4-15-36(24)30(40)31(32,33)34/h2-3,6-14,16,19,24-25,27,29,38H,4-5,15,17-18H2,1H3,(H,35,39)/t19-,24+,25+,27+,29+/m1/s1. The molecule has 2 aliphatic heterocycles. The second kappa shape index (κ2) is 13.6. The summed E-state index contributed by atoms with van der Waals surface area (Å²) in [6, 6.07) is 18.0. The molecule has 5 atom stereocenters. The van der Waals surface area contributed by atoms with Crippen LogP contribution in [0.15, 0.2) is 78.0 Å². The highest BCUT2D eigenvalue weighted by Gasteiger charge is 2.47. The monoisotopic (exact) mass is 631 g/mol. The number of likely N-dealkylation sites (tertiary alicyclic amines) is 1. The zero-order valence-corrected chi connectivity index (χ0v) is 24.6. The van der Waals surface area contributed by atoms with Gasteiger partial charge in [0.25, 0.3) is 5.03 Å². The number of aliphatic hydroxyl groups is 1. The lowest BCUT2D eigenvalue weighted by Crippen LogP contribution is -2.48. The second-order valence-electron chi connectivity index (χ2n) is 10.8. The molecule has 0 radical (unpaired) electrons. The summed E-state index contributed by atoms with van der Waals surface area (Å²) in [6.07, 6.45) is -4.66. The zero-order valence-electron chi connectivity index (χ0n) is 23.8. The molecule has 44 heavy (non-hydrogen) atoms. The van der Waals surface area contributed by atoms with Crippen LogP contribution < -0.4 is 10.0 Å². The molecule has 2 fully saturated rings. The molecule has 1 aromatic heterocycles. The second-order valence-corrected chi connectivity index (χ2v) is 11.8. The molecule has 2 N–H and O–H groups in total. The lowest BCUT2D eigenvalue weighted by atomic mass is 9.91. The molecule has 5 rings (SSSR count). The molecule has 0 spiro atoms. The molecule has 2 aliphatic rings. The van der Waals surface area contributed by atoms with Crippen molar-refractivity contribution in [3.05, 3.63) is 94.8 Å². The summed E-state index contributed by atoms with van der Waals surface area (Å²) in [5.41, 5.74) is 2.66. The van der Waals surface area contributed by atoms with Crippen molar-refractivity contribution in [2.24, 2.45) is 5.92 Å². The number of aromatic nitrogens is 1. The van der Waals surface area contributed by atoms with Gasteiger partial charge in [0.15, 0.2) is 12.5 Å². The van der Waals surface area contributed by atoms with Gasteiger partial charge in [-0.3, -0.25) is 9.59 Å². The normalized spacial score (nSPS) is 23.8. The van der Waals surface area contributed by atoms with Crippen LogP contribution in [0.4, 0.5) is 18.9 Å². The average Bonchev–Trinajstić information content (AvgIpc) is 3.51. The van der Waals surface area contributed by atoms with E-state index in [1.54, 1.807) is 42.5 Å². The molecule has 0 unspecified atom stereocenters. The van der Waals surface area contributed by atoms with Crippen LogP contribution in [0.1, 0.15) is 48.8 Å². The van der Waals surface area contributed by atoms with Crippen molar-refractivity contribution in [2.75, 3.05) is 17.6 Å². The average molecular weight is 632 g/mol. The first-order chi connectivity index (χ1) is 21.0. The number of carbonyl (C=O) groups is 2. The first-order valence-corrected chi connectivity index (χ1v) is 15.1. The van der Waals surface area contributed by atoms with Gasteiger partial charge in [-0.25, -0.2) is 0 Å². The molecule has 0 saturated carbocycles. The number of nitrogens with zero attached hydrogens (tertiary/aromatic N) is 2. The molecule has 9 nitrogen and oxygen atoms in total. The van der Waals surface area contributed by atoms with Gasteiger partial charge in [-0.2, -0.15) is 17.9 Å². The van der Waals surface area contributed by atoms with Crippen LogP contribution in [-0.4, -0.2) is 52.4 Å². The Bertz CT molecular complexity index is 1460. The number of hydrogen-bond acceptors (Lipinski definition) is 7. The lowest BCUT2D eigenvalue weighted by molar-refractivity contribution is -0.645. The Morgan fingerprint density at radius 2 is 1.77 bits per heavy atom. The van der Waals surface area contributed by atoms with Crippen LogP contribution >= 0.6 is 11.8 Å². The van der Waals surface area contributed by atoms with Gasteiger partial charge < -0.3 is 30.0 Å². The Labute approximate surface area is 256 Å². The number of carbonyl (C=O) groups excluding carboxylic acids is 2. The van der Waals surface area contributed by atoms with Gasteiger partial charge in [-0.1, -0.05) is 55.1 Å². The highest BCUT2D eigenvalue weighted by molar-refractivity contribution is 7.99. The third-order valence-corrected chi connectivity index (χ3v) is 8.92. The summed E-state index contributed by atoms with van der Waals surface area (Å²) >= 11 is 1.37. The van der Waals surface area contributed by atoms with E-state index < -0.39 is 30.3 Å². The number of anilines is 1. The van der Waals surface area contributed by atoms with Crippen molar-refractivity contribution in [1.29, 1.82) is 0 Å². The Morgan fingerprint density at radius 3 is 2.43 bits per heavy atom. The maximum absolute atomic E-state index is 13.0. The molecule has 0 aliphatic carbocycles. The number of aliphatic hydroxyl groups excluding tert-OH is 1.